The summed E-state index contributed by atoms with van der Waals surface area (Å²) in [6.07, 6.45) is 1.09. The van der Waals surface area contributed by atoms with Gasteiger partial charge in [-0.3, -0.25) is 9.10 Å². The molecule has 2 aromatic carbocycles. The lowest BCUT2D eigenvalue weighted by Crippen LogP contribution is -2.37. The molecule has 0 aliphatic rings. The van der Waals surface area contributed by atoms with E-state index < -0.39 is 15.9 Å². The van der Waals surface area contributed by atoms with E-state index >= 15 is 0 Å². The van der Waals surface area contributed by atoms with Crippen LogP contribution in [0.15, 0.2) is 48.5 Å². The molecule has 1 amide bonds. The van der Waals surface area contributed by atoms with Gasteiger partial charge in [-0.25, -0.2) is 8.42 Å². The Morgan fingerprint density at radius 2 is 1.68 bits per heavy atom. The van der Waals surface area contributed by atoms with E-state index in [-0.39, 0.29) is 6.54 Å². The second-order valence-electron chi connectivity index (χ2n) is 6.10. The fourth-order valence-corrected chi connectivity index (χ4v) is 3.21. The maximum absolute atomic E-state index is 12.3. The summed E-state index contributed by atoms with van der Waals surface area (Å²) in [5.74, 6) is -0.399. The first kappa shape index (κ1) is 18.8. The summed E-state index contributed by atoms with van der Waals surface area (Å²) in [5, 5.41) is 2.73. The first-order valence-electron chi connectivity index (χ1n) is 7.78. The third-order valence-electron chi connectivity index (χ3n) is 3.64. The molecule has 0 spiro atoms. The van der Waals surface area contributed by atoms with Crippen LogP contribution in [0.3, 0.4) is 0 Å². The highest BCUT2D eigenvalue weighted by molar-refractivity contribution is 7.92. The zero-order valence-corrected chi connectivity index (χ0v) is 15.7. The molecular weight excluding hydrogens is 338 g/mol. The first-order chi connectivity index (χ1) is 11.7. The molecule has 2 rings (SSSR count). The predicted molar refractivity (Wildman–Crippen MR) is 103 cm³/mol. The quantitative estimate of drug-likeness (QED) is 0.858. The molecule has 2 aromatic rings. The molecule has 0 aromatic heterocycles. The highest BCUT2D eigenvalue weighted by Crippen LogP contribution is 2.20. The smallest absolute Gasteiger partial charge is 0.245 e. The number of carbonyl (C=O) groups is 1. The van der Waals surface area contributed by atoms with Crippen molar-refractivity contribution in [2.24, 2.45) is 0 Å². The standard InChI is InChI=1S/C18H23N3O3S/c1-14-6-5-7-17(12-14)21(25(4,23)24)13-18(22)19-15-8-10-16(11-9-15)20(2)3/h5-12H,13H2,1-4H3,(H,19,22). The van der Waals surface area contributed by atoms with Gasteiger partial charge in [0.1, 0.15) is 6.54 Å². The molecule has 1 N–H and O–H groups in total. The summed E-state index contributed by atoms with van der Waals surface area (Å²) in [5.41, 5.74) is 3.02. The number of nitrogens with zero attached hydrogens (tertiary/aromatic N) is 2. The number of anilines is 3. The number of hydrogen-bond donors (Lipinski definition) is 1. The molecular formula is C18H23N3O3S. The summed E-state index contributed by atoms with van der Waals surface area (Å²) in [6, 6.07) is 14.4. The van der Waals surface area contributed by atoms with Crippen LogP contribution in [-0.2, 0) is 14.8 Å². The van der Waals surface area contributed by atoms with Gasteiger partial charge in [0.15, 0.2) is 0 Å². The highest BCUT2D eigenvalue weighted by Gasteiger charge is 2.21. The van der Waals surface area contributed by atoms with Crippen LogP contribution in [0, 0.1) is 6.92 Å². The lowest BCUT2D eigenvalue weighted by atomic mass is 10.2. The largest absolute Gasteiger partial charge is 0.378 e. The minimum absolute atomic E-state index is 0.280. The Hall–Kier alpha value is -2.54. The Morgan fingerprint density at radius 1 is 1.04 bits per heavy atom. The van der Waals surface area contributed by atoms with Crippen LogP contribution in [-0.4, -0.2) is 41.2 Å². The SMILES string of the molecule is Cc1cccc(N(CC(=O)Nc2ccc(N(C)C)cc2)S(C)(=O)=O)c1. The fourth-order valence-electron chi connectivity index (χ4n) is 2.36. The molecule has 134 valence electrons. The van der Waals surface area contributed by atoms with E-state index in [1.165, 1.54) is 0 Å². The van der Waals surface area contributed by atoms with E-state index in [2.05, 4.69) is 5.32 Å². The Balaban J connectivity index is 2.15. The lowest BCUT2D eigenvalue weighted by molar-refractivity contribution is -0.114. The zero-order valence-electron chi connectivity index (χ0n) is 14.9. The Morgan fingerprint density at radius 3 is 2.20 bits per heavy atom. The van der Waals surface area contributed by atoms with Crippen LogP contribution in [0.25, 0.3) is 0 Å². The average molecular weight is 361 g/mol. The van der Waals surface area contributed by atoms with Crippen molar-refractivity contribution in [3.8, 4) is 0 Å². The number of rotatable bonds is 6. The van der Waals surface area contributed by atoms with E-state index in [0.29, 0.717) is 11.4 Å². The summed E-state index contributed by atoms with van der Waals surface area (Å²) in [6.45, 7) is 1.59. The summed E-state index contributed by atoms with van der Waals surface area (Å²) < 4.78 is 25.3. The Bertz CT molecular complexity index is 846. The third kappa shape index (κ3) is 5.22. The van der Waals surface area contributed by atoms with Gasteiger partial charge in [-0.05, 0) is 48.9 Å². The van der Waals surface area contributed by atoms with Gasteiger partial charge in [-0.1, -0.05) is 12.1 Å². The zero-order chi connectivity index (χ0) is 18.6. The lowest BCUT2D eigenvalue weighted by Gasteiger charge is -2.22. The highest BCUT2D eigenvalue weighted by atomic mass is 32.2. The Kier molecular flexibility index (Phi) is 5.69. The molecule has 0 saturated carbocycles. The molecule has 0 aliphatic carbocycles. The van der Waals surface area contributed by atoms with Crippen molar-refractivity contribution >= 4 is 33.0 Å². The number of amides is 1. The fraction of sp³-hybridized carbons (Fsp3) is 0.278. The van der Waals surface area contributed by atoms with Crippen molar-refractivity contribution in [2.75, 3.05) is 41.4 Å². The molecule has 0 fully saturated rings. The summed E-state index contributed by atoms with van der Waals surface area (Å²) in [7, 11) is 0.286. The number of hydrogen-bond acceptors (Lipinski definition) is 4. The van der Waals surface area contributed by atoms with Crippen LogP contribution in [0.5, 0.6) is 0 Å². The molecule has 0 bridgehead atoms. The van der Waals surface area contributed by atoms with Crippen molar-refractivity contribution in [3.05, 3.63) is 54.1 Å². The number of sulfonamides is 1. The molecule has 0 atom stereocenters. The van der Waals surface area contributed by atoms with Crippen LogP contribution >= 0.6 is 0 Å². The minimum atomic E-state index is -3.57. The maximum atomic E-state index is 12.3. The van der Waals surface area contributed by atoms with E-state index in [1.54, 1.807) is 30.3 Å². The molecule has 0 heterocycles. The van der Waals surface area contributed by atoms with Crippen LogP contribution in [0.2, 0.25) is 0 Å². The number of aryl methyl sites for hydroxylation is 1. The van der Waals surface area contributed by atoms with Crippen LogP contribution in [0.1, 0.15) is 5.56 Å². The van der Waals surface area contributed by atoms with Crippen molar-refractivity contribution < 1.29 is 13.2 Å². The van der Waals surface area contributed by atoms with E-state index in [1.807, 2.05) is 44.1 Å². The maximum Gasteiger partial charge on any atom is 0.245 e. The second kappa shape index (κ2) is 7.57. The molecule has 6 nitrogen and oxygen atoms in total. The predicted octanol–water partition coefficient (Wildman–Crippen LogP) is 2.47. The van der Waals surface area contributed by atoms with Crippen LogP contribution in [0.4, 0.5) is 17.1 Å². The number of carbonyl (C=O) groups excluding carboxylic acids is 1. The van der Waals surface area contributed by atoms with Gasteiger partial charge in [0, 0.05) is 25.5 Å². The minimum Gasteiger partial charge on any atom is -0.378 e. The van der Waals surface area contributed by atoms with Gasteiger partial charge in [0.05, 0.1) is 11.9 Å². The molecule has 7 heteroatoms. The topological polar surface area (TPSA) is 69.7 Å². The van der Waals surface area contributed by atoms with Gasteiger partial charge in [-0.2, -0.15) is 0 Å². The van der Waals surface area contributed by atoms with Gasteiger partial charge in [0.2, 0.25) is 15.9 Å². The Labute approximate surface area is 149 Å². The number of benzene rings is 2. The van der Waals surface area contributed by atoms with E-state index in [4.69, 9.17) is 0 Å². The third-order valence-corrected chi connectivity index (χ3v) is 4.79. The van der Waals surface area contributed by atoms with Crippen molar-refractivity contribution in [1.29, 1.82) is 0 Å². The van der Waals surface area contributed by atoms with E-state index in [0.717, 1.165) is 21.8 Å². The van der Waals surface area contributed by atoms with Crippen LogP contribution < -0.4 is 14.5 Å². The number of nitrogens with one attached hydrogen (secondary N) is 1. The molecule has 0 radical (unpaired) electrons. The second-order valence-corrected chi connectivity index (χ2v) is 8.00. The van der Waals surface area contributed by atoms with Gasteiger partial charge < -0.3 is 10.2 Å². The summed E-state index contributed by atoms with van der Waals surface area (Å²) in [4.78, 5) is 14.3. The first-order valence-corrected chi connectivity index (χ1v) is 9.63. The average Bonchev–Trinajstić information content (AvgIpc) is 2.52. The molecule has 25 heavy (non-hydrogen) atoms. The summed E-state index contributed by atoms with van der Waals surface area (Å²) >= 11 is 0. The monoisotopic (exact) mass is 361 g/mol. The van der Waals surface area contributed by atoms with Crippen molar-refractivity contribution in [1.82, 2.24) is 0 Å². The van der Waals surface area contributed by atoms with Gasteiger partial charge >= 0.3 is 0 Å². The van der Waals surface area contributed by atoms with Crippen molar-refractivity contribution in [2.45, 2.75) is 6.92 Å². The van der Waals surface area contributed by atoms with E-state index in [9.17, 15) is 13.2 Å². The van der Waals surface area contributed by atoms with Gasteiger partial charge in [-0.15, -0.1) is 0 Å². The van der Waals surface area contributed by atoms with Gasteiger partial charge in [0.25, 0.3) is 0 Å². The van der Waals surface area contributed by atoms with Crippen molar-refractivity contribution in [3.63, 3.8) is 0 Å². The normalized spacial score (nSPS) is 11.0. The molecule has 0 aliphatic heterocycles. The molecule has 0 unspecified atom stereocenters. The molecule has 0 saturated heterocycles.